The van der Waals surface area contributed by atoms with Crippen LogP contribution in [-0.2, 0) is 11.2 Å². The predicted molar refractivity (Wildman–Crippen MR) is 49.1 cm³/mol. The van der Waals surface area contributed by atoms with E-state index in [9.17, 15) is 4.79 Å². The zero-order valence-corrected chi connectivity index (χ0v) is 7.34. The van der Waals surface area contributed by atoms with Crippen molar-refractivity contribution in [2.75, 3.05) is 0 Å². The van der Waals surface area contributed by atoms with Crippen LogP contribution in [0.4, 0.5) is 0 Å². The van der Waals surface area contributed by atoms with Crippen LogP contribution in [0, 0.1) is 0 Å². The summed E-state index contributed by atoms with van der Waals surface area (Å²) in [6.07, 6.45) is 0.114. The number of hydrogen-bond donors (Lipinski definition) is 4. The molecule has 0 aromatic heterocycles. The molecule has 5 heteroatoms. The average Bonchev–Trinajstić information content (AvgIpc) is 2.11. The summed E-state index contributed by atoms with van der Waals surface area (Å²) in [5.41, 5.74) is 5.86. The summed E-state index contributed by atoms with van der Waals surface area (Å²) >= 11 is 0. The largest absolute Gasteiger partial charge is 0.504 e. The van der Waals surface area contributed by atoms with Crippen LogP contribution < -0.4 is 5.73 Å². The fourth-order valence-corrected chi connectivity index (χ4v) is 1.04. The molecule has 0 saturated carbocycles. The second-order valence-electron chi connectivity index (χ2n) is 2.97. The molecule has 0 amide bonds. The molecule has 0 aliphatic rings. The standard InChI is InChI=1S/C9H11NO4/c10-6(9(13)14)3-5-1-2-7(11)8(12)4-5/h1-2,4,6,11-12H,3,10H2,(H,13,14)/t6-/m1/s1/i5+2. The minimum absolute atomic E-state index is 0.114. The number of hydrogen-bond acceptors (Lipinski definition) is 4. The highest BCUT2D eigenvalue weighted by Crippen LogP contribution is 2.25. The Balaban J connectivity index is 2.78. The number of rotatable bonds is 3. The number of phenols is 2. The average molecular weight is 199 g/mol. The second kappa shape index (κ2) is 3.97. The van der Waals surface area contributed by atoms with E-state index in [0.29, 0.717) is 5.56 Å². The molecule has 0 aliphatic carbocycles. The number of carboxylic acid groups (broad SMARTS) is 1. The molecule has 0 fully saturated rings. The Hall–Kier alpha value is -1.75. The molecular weight excluding hydrogens is 188 g/mol. The number of aliphatic carboxylic acids is 1. The Bertz CT molecular complexity index is 351. The number of carbonyl (C=O) groups is 1. The number of aromatic hydroxyl groups is 2. The molecule has 0 unspecified atom stereocenters. The maximum atomic E-state index is 10.4. The topological polar surface area (TPSA) is 104 Å². The van der Waals surface area contributed by atoms with E-state index in [0.717, 1.165) is 0 Å². The molecule has 0 aliphatic heterocycles. The van der Waals surface area contributed by atoms with Gasteiger partial charge < -0.3 is 21.1 Å². The van der Waals surface area contributed by atoms with Crippen molar-refractivity contribution >= 4 is 5.97 Å². The van der Waals surface area contributed by atoms with Gasteiger partial charge in [0.05, 0.1) is 0 Å². The molecule has 0 spiro atoms. The van der Waals surface area contributed by atoms with Crippen molar-refractivity contribution in [2.24, 2.45) is 5.73 Å². The van der Waals surface area contributed by atoms with Crippen LogP contribution in [0.15, 0.2) is 18.2 Å². The lowest BCUT2D eigenvalue weighted by Gasteiger charge is -2.06. The summed E-state index contributed by atoms with van der Waals surface area (Å²) in [5.74, 6) is -1.62. The first-order valence-corrected chi connectivity index (χ1v) is 4.00. The van der Waals surface area contributed by atoms with Crippen LogP contribution in [0.5, 0.6) is 11.5 Å². The first-order valence-electron chi connectivity index (χ1n) is 4.00. The van der Waals surface area contributed by atoms with E-state index in [2.05, 4.69) is 0 Å². The number of nitrogens with two attached hydrogens (primary N) is 1. The third-order valence-electron chi connectivity index (χ3n) is 1.81. The van der Waals surface area contributed by atoms with Gasteiger partial charge in [-0.05, 0) is 24.1 Å². The lowest BCUT2D eigenvalue weighted by Crippen LogP contribution is -2.32. The van der Waals surface area contributed by atoms with Gasteiger partial charge in [0.1, 0.15) is 6.04 Å². The molecule has 14 heavy (non-hydrogen) atoms. The van der Waals surface area contributed by atoms with E-state index < -0.39 is 12.0 Å². The lowest BCUT2D eigenvalue weighted by molar-refractivity contribution is -0.138. The highest BCUT2D eigenvalue weighted by molar-refractivity contribution is 5.73. The van der Waals surface area contributed by atoms with E-state index in [1.165, 1.54) is 18.2 Å². The summed E-state index contributed by atoms with van der Waals surface area (Å²) in [4.78, 5) is 10.4. The van der Waals surface area contributed by atoms with Gasteiger partial charge in [-0.1, -0.05) is 6.07 Å². The molecule has 5 nitrogen and oxygen atoms in total. The minimum Gasteiger partial charge on any atom is -0.504 e. The molecule has 76 valence electrons. The first-order chi connectivity index (χ1) is 6.50. The molecule has 1 aromatic rings. The highest BCUT2D eigenvalue weighted by atomic mass is 16.4. The van der Waals surface area contributed by atoms with E-state index in [1.54, 1.807) is 0 Å². The van der Waals surface area contributed by atoms with Gasteiger partial charge >= 0.3 is 5.97 Å². The van der Waals surface area contributed by atoms with Crippen LogP contribution in [0.1, 0.15) is 5.56 Å². The zero-order valence-electron chi connectivity index (χ0n) is 7.34. The highest BCUT2D eigenvalue weighted by Gasteiger charge is 2.12. The van der Waals surface area contributed by atoms with Crippen LogP contribution in [0.25, 0.3) is 0 Å². The maximum Gasteiger partial charge on any atom is 0.320 e. The van der Waals surface area contributed by atoms with E-state index in [4.69, 9.17) is 21.1 Å². The van der Waals surface area contributed by atoms with Crippen molar-refractivity contribution in [2.45, 2.75) is 12.5 Å². The van der Waals surface area contributed by atoms with E-state index in [-0.39, 0.29) is 17.9 Å². The maximum absolute atomic E-state index is 10.4. The zero-order chi connectivity index (χ0) is 10.7. The Morgan fingerprint density at radius 1 is 1.50 bits per heavy atom. The Morgan fingerprint density at radius 3 is 2.64 bits per heavy atom. The van der Waals surface area contributed by atoms with Crippen LogP contribution >= 0.6 is 0 Å². The number of carboxylic acids is 1. The van der Waals surface area contributed by atoms with Gasteiger partial charge in [0.25, 0.3) is 0 Å². The summed E-state index contributed by atoms with van der Waals surface area (Å²) in [7, 11) is 0. The molecule has 1 rings (SSSR count). The van der Waals surface area contributed by atoms with Gasteiger partial charge in [0.15, 0.2) is 11.5 Å². The monoisotopic (exact) mass is 199 g/mol. The van der Waals surface area contributed by atoms with Gasteiger partial charge in [-0.3, -0.25) is 4.79 Å². The molecule has 1 atom stereocenters. The van der Waals surface area contributed by atoms with Crippen molar-refractivity contribution in [3.8, 4) is 11.5 Å². The molecule has 0 radical (unpaired) electrons. The fourth-order valence-electron chi connectivity index (χ4n) is 1.04. The summed E-state index contributed by atoms with van der Waals surface area (Å²) in [6.45, 7) is 0. The fraction of sp³-hybridized carbons (Fsp3) is 0.222. The lowest BCUT2D eigenvalue weighted by atomic mass is 10.3. The molecule has 0 bridgehead atoms. The van der Waals surface area contributed by atoms with Gasteiger partial charge in [-0.25, -0.2) is 0 Å². The van der Waals surface area contributed by atoms with Crippen molar-refractivity contribution in [3.63, 3.8) is 0 Å². The third-order valence-corrected chi connectivity index (χ3v) is 1.81. The van der Waals surface area contributed by atoms with Gasteiger partial charge in [0.2, 0.25) is 0 Å². The van der Waals surface area contributed by atoms with Gasteiger partial charge in [-0.2, -0.15) is 0 Å². The van der Waals surface area contributed by atoms with Gasteiger partial charge in [0, 0.05) is 0 Å². The summed E-state index contributed by atoms with van der Waals surface area (Å²) < 4.78 is 0. The quantitative estimate of drug-likeness (QED) is 0.515. The minimum atomic E-state index is -1.10. The SMILES string of the molecule is N[C@H](C[14c]1ccc(O)c(O)c1)C(=O)O. The number of phenolic OH excluding ortho intramolecular Hbond substituents is 2. The smallest absolute Gasteiger partial charge is 0.320 e. The van der Waals surface area contributed by atoms with Crippen LogP contribution in [-0.4, -0.2) is 27.3 Å². The van der Waals surface area contributed by atoms with Crippen LogP contribution in [0.3, 0.4) is 0 Å². The first kappa shape index (κ1) is 10.3. The van der Waals surface area contributed by atoms with Crippen molar-refractivity contribution in [1.29, 1.82) is 0 Å². The van der Waals surface area contributed by atoms with Crippen molar-refractivity contribution in [3.05, 3.63) is 23.8 Å². The predicted octanol–water partition coefficient (Wildman–Crippen LogP) is 0.0522. The van der Waals surface area contributed by atoms with Crippen molar-refractivity contribution < 1.29 is 20.1 Å². The molecule has 0 heterocycles. The Morgan fingerprint density at radius 2 is 2.14 bits per heavy atom. The van der Waals surface area contributed by atoms with E-state index >= 15 is 0 Å². The molecular formula is C9H11NO4. The van der Waals surface area contributed by atoms with Crippen molar-refractivity contribution in [1.82, 2.24) is 0 Å². The summed E-state index contributed by atoms with van der Waals surface area (Å²) in [6, 6.07) is 3.09. The third kappa shape index (κ3) is 2.37. The van der Waals surface area contributed by atoms with E-state index in [1.807, 2.05) is 0 Å². The summed E-state index contributed by atoms with van der Waals surface area (Å²) in [5, 5.41) is 26.6. The Labute approximate surface area is 80.4 Å². The van der Waals surface area contributed by atoms with Crippen LogP contribution in [0.2, 0.25) is 0 Å². The molecule has 0 saturated heterocycles. The normalized spacial score (nSPS) is 12.4. The number of benzene rings is 1. The van der Waals surface area contributed by atoms with Gasteiger partial charge in [-0.15, -0.1) is 0 Å². The molecule has 5 N–H and O–H groups in total. The second-order valence-corrected chi connectivity index (χ2v) is 2.97. The Kier molecular flexibility index (Phi) is 2.93. The molecule has 1 aromatic carbocycles.